The molecule has 6 nitrogen and oxygen atoms in total. The van der Waals surface area contributed by atoms with Crippen LogP contribution in [0.25, 0.3) is 11.3 Å². The van der Waals surface area contributed by atoms with Gasteiger partial charge in [-0.15, -0.1) is 11.3 Å². The molecule has 0 radical (unpaired) electrons. The van der Waals surface area contributed by atoms with Gasteiger partial charge in [-0.05, 0) is 73.9 Å². The molecular formula is C34H53FN4O2S. The molecule has 0 bridgehead atoms. The van der Waals surface area contributed by atoms with Crippen molar-refractivity contribution >= 4 is 22.4 Å². The second kappa shape index (κ2) is 20.8. The molecule has 2 heterocycles. The molecule has 42 heavy (non-hydrogen) atoms. The van der Waals surface area contributed by atoms with Crippen molar-refractivity contribution in [3.8, 4) is 11.3 Å². The highest BCUT2D eigenvalue weighted by atomic mass is 32.1. The Labute approximate surface area is 257 Å². The Kier molecular flexibility index (Phi) is 18.4. The summed E-state index contributed by atoms with van der Waals surface area (Å²) in [4.78, 5) is 16.9. The number of aromatic nitrogens is 2. The molecule has 1 unspecified atom stereocenters. The number of rotatable bonds is 12. The predicted molar refractivity (Wildman–Crippen MR) is 178 cm³/mol. The second-order valence-electron chi connectivity index (χ2n) is 9.93. The van der Waals surface area contributed by atoms with Crippen LogP contribution < -0.4 is 10.6 Å². The van der Waals surface area contributed by atoms with Gasteiger partial charge in [-0.2, -0.15) is 0 Å². The van der Waals surface area contributed by atoms with Gasteiger partial charge in [0.25, 0.3) is 5.91 Å². The number of hydrogen-bond donors (Lipinski definition) is 2. The van der Waals surface area contributed by atoms with Gasteiger partial charge in [-0.3, -0.25) is 4.79 Å². The van der Waals surface area contributed by atoms with Crippen molar-refractivity contribution in [3.63, 3.8) is 0 Å². The van der Waals surface area contributed by atoms with Crippen LogP contribution >= 0.6 is 11.3 Å². The summed E-state index contributed by atoms with van der Waals surface area (Å²) in [5.74, 6) is 0.468. The van der Waals surface area contributed by atoms with E-state index in [4.69, 9.17) is 4.74 Å². The summed E-state index contributed by atoms with van der Waals surface area (Å²) >= 11 is 1.47. The minimum absolute atomic E-state index is 0.101. The van der Waals surface area contributed by atoms with Crippen molar-refractivity contribution < 1.29 is 13.9 Å². The zero-order valence-electron chi connectivity index (χ0n) is 27.3. The Balaban J connectivity index is 0.000000535. The lowest BCUT2D eigenvalue weighted by Gasteiger charge is -2.10. The number of ether oxygens (including phenoxy) is 1. The Morgan fingerprint density at radius 3 is 2.43 bits per heavy atom. The topological polar surface area (TPSA) is 68.2 Å². The molecule has 0 saturated heterocycles. The zero-order valence-corrected chi connectivity index (χ0v) is 28.1. The van der Waals surface area contributed by atoms with Gasteiger partial charge in [-0.1, -0.05) is 54.9 Å². The monoisotopic (exact) mass is 600 g/mol. The molecule has 4 rings (SSSR count). The van der Waals surface area contributed by atoms with Crippen molar-refractivity contribution in [2.24, 2.45) is 13.0 Å². The van der Waals surface area contributed by atoms with Crippen molar-refractivity contribution in [2.45, 2.75) is 87.5 Å². The minimum atomic E-state index is -0.262. The first kappa shape index (κ1) is 37.1. The van der Waals surface area contributed by atoms with Gasteiger partial charge in [-0.25, -0.2) is 9.37 Å². The number of carbonyl (C=O) groups is 1. The zero-order chi connectivity index (χ0) is 31.5. The van der Waals surface area contributed by atoms with E-state index in [0.717, 1.165) is 66.0 Å². The van der Waals surface area contributed by atoms with Gasteiger partial charge in [0.15, 0.2) is 5.13 Å². The highest BCUT2D eigenvalue weighted by molar-refractivity contribution is 7.14. The first-order valence-corrected chi connectivity index (χ1v) is 16.4. The number of amides is 1. The summed E-state index contributed by atoms with van der Waals surface area (Å²) in [6.07, 6.45) is 9.33. The number of carbonyl (C=O) groups excluding carboxylic acids is 1. The fraction of sp³-hybridized carbons (Fsp3) is 0.529. The highest BCUT2D eigenvalue weighted by Gasteiger charge is 2.20. The van der Waals surface area contributed by atoms with Gasteiger partial charge < -0.3 is 19.9 Å². The second-order valence-corrected chi connectivity index (χ2v) is 10.8. The van der Waals surface area contributed by atoms with E-state index < -0.39 is 0 Å². The first-order chi connectivity index (χ1) is 20.3. The van der Waals surface area contributed by atoms with E-state index in [-0.39, 0.29) is 11.7 Å². The summed E-state index contributed by atoms with van der Waals surface area (Å²) < 4.78 is 20.9. The van der Waals surface area contributed by atoms with Crippen LogP contribution in [0.4, 0.5) is 9.52 Å². The molecule has 0 aliphatic heterocycles. The molecule has 8 heteroatoms. The standard InChI is InChI=1S/C21H21FN4OS.C9H20O.2C2H6/c1-13-7-16(9-17(22)8-13)19-12-28-21(25-19)24-18(14-3-4-14)10-23-20(27)15-5-6-26(2)11-15;1-4-7-10-8-6-9(3)5-2;2*1-2/h5-9,11-12H,3-4,10H2,1-2H3,(H,23,27)(H,24,25);9H,4-8H2,1-3H3;2*1-2H3. The van der Waals surface area contributed by atoms with Gasteiger partial charge in [0, 0.05) is 49.3 Å². The van der Waals surface area contributed by atoms with Gasteiger partial charge >= 0.3 is 0 Å². The number of allylic oxidation sites excluding steroid dienone is 1. The Bertz CT molecular complexity index is 1190. The molecule has 0 spiro atoms. The van der Waals surface area contributed by atoms with E-state index >= 15 is 0 Å². The lowest BCUT2D eigenvalue weighted by Crippen LogP contribution is -2.27. The van der Waals surface area contributed by atoms with Crippen molar-refractivity contribution in [3.05, 3.63) is 70.3 Å². The Morgan fingerprint density at radius 2 is 1.86 bits per heavy atom. The van der Waals surface area contributed by atoms with Gasteiger partial charge in [0.05, 0.1) is 17.8 Å². The molecule has 1 amide bonds. The maximum Gasteiger partial charge on any atom is 0.253 e. The van der Waals surface area contributed by atoms with E-state index in [0.29, 0.717) is 12.1 Å². The molecule has 1 saturated carbocycles. The molecular weight excluding hydrogens is 547 g/mol. The number of hydrogen-bond acceptors (Lipinski definition) is 5. The maximum atomic E-state index is 13.7. The summed E-state index contributed by atoms with van der Waals surface area (Å²) in [7, 11) is 1.89. The van der Waals surface area contributed by atoms with Crippen molar-refractivity contribution in [1.29, 1.82) is 0 Å². The van der Waals surface area contributed by atoms with Crippen LogP contribution in [0.3, 0.4) is 0 Å². The van der Waals surface area contributed by atoms with Crippen molar-refractivity contribution in [1.82, 2.24) is 14.9 Å². The smallest absolute Gasteiger partial charge is 0.253 e. The SMILES string of the molecule is CC.CC.CCCOCCC(C)CC.Cc1cc(F)cc(-c2csc(NC(CNC(=O)c3ccn(C)c3)=C3CC3)n2)c1. The van der Waals surface area contributed by atoms with Crippen LogP contribution in [-0.2, 0) is 11.8 Å². The molecule has 1 aliphatic rings. The number of anilines is 1. The van der Waals surface area contributed by atoms with Crippen LogP contribution in [0.5, 0.6) is 0 Å². The average Bonchev–Trinajstić information content (AvgIpc) is 3.58. The Morgan fingerprint density at radius 1 is 1.14 bits per heavy atom. The quantitative estimate of drug-likeness (QED) is 0.203. The first-order valence-electron chi connectivity index (χ1n) is 15.5. The molecule has 1 atom stereocenters. The third kappa shape index (κ3) is 13.8. The van der Waals surface area contributed by atoms with E-state index in [1.165, 1.54) is 41.9 Å². The number of nitrogens with one attached hydrogen (secondary N) is 2. The fourth-order valence-electron chi connectivity index (χ4n) is 3.74. The number of thiazole rings is 1. The number of aryl methyl sites for hydroxylation is 2. The Hall–Kier alpha value is -2.97. The van der Waals surface area contributed by atoms with E-state index in [1.807, 2.05) is 63.9 Å². The van der Waals surface area contributed by atoms with E-state index in [9.17, 15) is 9.18 Å². The third-order valence-electron chi connectivity index (χ3n) is 6.35. The molecule has 234 valence electrons. The average molecular weight is 601 g/mol. The van der Waals surface area contributed by atoms with Crippen LogP contribution in [0.15, 0.2) is 53.3 Å². The van der Waals surface area contributed by atoms with Crippen molar-refractivity contribution in [2.75, 3.05) is 25.1 Å². The van der Waals surface area contributed by atoms with Crippen LogP contribution in [-0.4, -0.2) is 35.2 Å². The number of nitrogens with zero attached hydrogens (tertiary/aromatic N) is 2. The largest absolute Gasteiger partial charge is 0.381 e. The molecule has 1 aromatic carbocycles. The lowest BCUT2D eigenvalue weighted by atomic mass is 10.1. The predicted octanol–water partition coefficient (Wildman–Crippen LogP) is 9.39. The van der Waals surface area contributed by atoms with Crippen LogP contribution in [0, 0.1) is 18.7 Å². The summed E-state index contributed by atoms with van der Waals surface area (Å²) in [6.45, 7) is 18.8. The van der Waals surface area contributed by atoms with Gasteiger partial charge in [0.1, 0.15) is 5.82 Å². The molecule has 3 aromatic rings. The third-order valence-corrected chi connectivity index (χ3v) is 7.10. The fourth-order valence-corrected chi connectivity index (χ4v) is 4.49. The van der Waals surface area contributed by atoms with E-state index in [1.54, 1.807) is 12.3 Å². The van der Waals surface area contributed by atoms with Gasteiger partial charge in [0.2, 0.25) is 0 Å². The maximum absolute atomic E-state index is 13.7. The number of halogens is 1. The van der Waals surface area contributed by atoms with E-state index in [2.05, 4.69) is 36.4 Å². The number of benzene rings is 1. The molecule has 1 aliphatic carbocycles. The van der Waals surface area contributed by atoms with Crippen LogP contribution in [0.1, 0.15) is 96.5 Å². The summed E-state index contributed by atoms with van der Waals surface area (Å²) in [6, 6.07) is 6.70. The highest BCUT2D eigenvalue weighted by Crippen LogP contribution is 2.33. The van der Waals surface area contributed by atoms with Crippen LogP contribution in [0.2, 0.25) is 0 Å². The molecule has 2 N–H and O–H groups in total. The summed E-state index contributed by atoms with van der Waals surface area (Å²) in [5, 5.41) is 8.96. The molecule has 1 fully saturated rings. The normalized spacial score (nSPS) is 12.0. The lowest BCUT2D eigenvalue weighted by molar-refractivity contribution is 0.0957. The minimum Gasteiger partial charge on any atom is -0.381 e. The molecule has 2 aromatic heterocycles. The summed E-state index contributed by atoms with van der Waals surface area (Å²) in [5.41, 5.74) is 5.29.